The van der Waals surface area contributed by atoms with Crippen LogP contribution >= 0.6 is 0 Å². The smallest absolute Gasteiger partial charge is 0.449 e. The monoisotopic (exact) mass is 465 g/mol. The van der Waals surface area contributed by atoms with Crippen molar-refractivity contribution in [3.05, 3.63) is 54.4 Å². The molecule has 1 amide bonds. The molecule has 8 nitrogen and oxygen atoms in total. The second-order valence-electron chi connectivity index (χ2n) is 6.77. The number of imidazole rings is 1. The van der Waals surface area contributed by atoms with E-state index in [-0.39, 0.29) is 24.2 Å². The van der Waals surface area contributed by atoms with E-state index in [0.717, 1.165) is 4.57 Å². The molecule has 0 bridgehead atoms. The van der Waals surface area contributed by atoms with E-state index in [2.05, 4.69) is 10.3 Å². The summed E-state index contributed by atoms with van der Waals surface area (Å²) in [6.45, 7) is 1.39. The van der Waals surface area contributed by atoms with Crippen molar-refractivity contribution < 1.29 is 37.0 Å². The van der Waals surface area contributed by atoms with E-state index in [0.29, 0.717) is 18.1 Å². The number of amides is 1. The van der Waals surface area contributed by atoms with Crippen LogP contribution in [0.3, 0.4) is 0 Å². The lowest BCUT2D eigenvalue weighted by atomic mass is 10.3. The Morgan fingerprint density at radius 1 is 1.03 bits per heavy atom. The Hall–Kier alpha value is -3.76. The molecule has 0 atom stereocenters. The standard InChI is InChI=1S/C22H22F3N3O5/c1-2-31-15-7-9-16(10-8-15)32-12-11-26-19(29)14-33-20(30)13-28-18-6-4-3-5-17(18)27-21(28)22(23,24)25/h3-10H,2,11-14H2,1H3,(H,26,29). The number of alkyl halides is 3. The Balaban J connectivity index is 1.44. The van der Waals surface area contributed by atoms with Gasteiger partial charge in [0.1, 0.15) is 24.7 Å². The van der Waals surface area contributed by atoms with Crippen LogP contribution < -0.4 is 14.8 Å². The van der Waals surface area contributed by atoms with Gasteiger partial charge in [0.05, 0.1) is 24.2 Å². The molecule has 1 heterocycles. The highest BCUT2D eigenvalue weighted by Gasteiger charge is 2.38. The highest BCUT2D eigenvalue weighted by atomic mass is 19.4. The van der Waals surface area contributed by atoms with Crippen molar-refractivity contribution in [2.75, 3.05) is 26.4 Å². The summed E-state index contributed by atoms with van der Waals surface area (Å²) in [5, 5.41) is 2.50. The number of para-hydroxylation sites is 2. The molecule has 1 N–H and O–H groups in total. The summed E-state index contributed by atoms with van der Waals surface area (Å²) in [5.74, 6) is -1.51. The predicted molar refractivity (Wildman–Crippen MR) is 112 cm³/mol. The van der Waals surface area contributed by atoms with Crippen molar-refractivity contribution in [1.29, 1.82) is 0 Å². The van der Waals surface area contributed by atoms with E-state index < -0.39 is 37.0 Å². The second-order valence-corrected chi connectivity index (χ2v) is 6.77. The highest BCUT2D eigenvalue weighted by Crippen LogP contribution is 2.31. The number of nitrogens with one attached hydrogen (secondary N) is 1. The number of hydrogen-bond donors (Lipinski definition) is 1. The maximum Gasteiger partial charge on any atom is 0.449 e. The van der Waals surface area contributed by atoms with Gasteiger partial charge in [-0.3, -0.25) is 9.59 Å². The fourth-order valence-electron chi connectivity index (χ4n) is 2.98. The zero-order chi connectivity index (χ0) is 23.8. The van der Waals surface area contributed by atoms with Crippen LogP contribution in [-0.2, 0) is 27.0 Å². The molecule has 2 aromatic carbocycles. The Morgan fingerprint density at radius 3 is 2.36 bits per heavy atom. The largest absolute Gasteiger partial charge is 0.494 e. The molecule has 11 heteroatoms. The molecule has 0 fully saturated rings. The van der Waals surface area contributed by atoms with Crippen LogP contribution in [0.5, 0.6) is 11.5 Å². The van der Waals surface area contributed by atoms with E-state index in [1.165, 1.54) is 18.2 Å². The maximum absolute atomic E-state index is 13.3. The Kier molecular flexibility index (Phi) is 7.75. The summed E-state index contributed by atoms with van der Waals surface area (Å²) in [5.41, 5.74) is 0.237. The van der Waals surface area contributed by atoms with E-state index in [4.69, 9.17) is 14.2 Å². The average Bonchev–Trinajstić information content (AvgIpc) is 3.15. The third-order valence-corrected chi connectivity index (χ3v) is 4.39. The number of carbonyl (C=O) groups excluding carboxylic acids is 2. The van der Waals surface area contributed by atoms with E-state index in [9.17, 15) is 22.8 Å². The molecule has 33 heavy (non-hydrogen) atoms. The van der Waals surface area contributed by atoms with E-state index >= 15 is 0 Å². The van der Waals surface area contributed by atoms with E-state index in [1.807, 2.05) is 6.92 Å². The zero-order valence-corrected chi connectivity index (χ0v) is 17.7. The molecular weight excluding hydrogens is 443 g/mol. The molecule has 0 aliphatic carbocycles. The number of nitrogens with zero attached hydrogens (tertiary/aromatic N) is 2. The van der Waals surface area contributed by atoms with E-state index in [1.54, 1.807) is 30.3 Å². The molecular formula is C22H22F3N3O5. The maximum atomic E-state index is 13.3. The topological polar surface area (TPSA) is 91.7 Å². The molecule has 3 rings (SSSR count). The van der Waals surface area contributed by atoms with Crippen molar-refractivity contribution in [3.8, 4) is 11.5 Å². The SMILES string of the molecule is CCOc1ccc(OCCNC(=O)COC(=O)Cn2c(C(F)(F)F)nc3ccccc32)cc1. The molecule has 0 saturated carbocycles. The van der Waals surface area contributed by atoms with Gasteiger partial charge < -0.3 is 24.1 Å². The van der Waals surface area contributed by atoms with Crippen molar-refractivity contribution in [3.63, 3.8) is 0 Å². The number of benzene rings is 2. The number of aromatic nitrogens is 2. The Morgan fingerprint density at radius 2 is 1.70 bits per heavy atom. The predicted octanol–water partition coefficient (Wildman–Crippen LogP) is 3.19. The average molecular weight is 465 g/mol. The quantitative estimate of drug-likeness (QED) is 0.365. The van der Waals surface area contributed by atoms with Gasteiger partial charge in [0, 0.05) is 0 Å². The van der Waals surface area contributed by atoms with Crippen LogP contribution in [-0.4, -0.2) is 47.8 Å². The minimum Gasteiger partial charge on any atom is -0.494 e. The Labute approximate surface area is 187 Å². The number of rotatable bonds is 10. The molecule has 1 aromatic heterocycles. The molecule has 0 aliphatic rings. The number of halogens is 3. The van der Waals surface area contributed by atoms with Crippen molar-refractivity contribution >= 4 is 22.9 Å². The number of carbonyl (C=O) groups is 2. The molecule has 0 spiro atoms. The van der Waals surface area contributed by atoms with Gasteiger partial charge in [0.2, 0.25) is 5.82 Å². The fourth-order valence-corrected chi connectivity index (χ4v) is 2.98. The first-order valence-electron chi connectivity index (χ1n) is 10.1. The molecule has 3 aromatic rings. The van der Waals surface area contributed by atoms with Crippen molar-refractivity contribution in [2.24, 2.45) is 0 Å². The summed E-state index contributed by atoms with van der Waals surface area (Å²) in [6.07, 6.45) is -4.75. The summed E-state index contributed by atoms with van der Waals surface area (Å²) < 4.78 is 56.2. The van der Waals surface area contributed by atoms with Crippen LogP contribution in [0.25, 0.3) is 11.0 Å². The third kappa shape index (κ3) is 6.61. The minimum atomic E-state index is -4.75. The third-order valence-electron chi connectivity index (χ3n) is 4.39. The van der Waals surface area contributed by atoms with Gasteiger partial charge >= 0.3 is 12.1 Å². The van der Waals surface area contributed by atoms with Gasteiger partial charge in [-0.25, -0.2) is 4.98 Å². The first-order valence-corrected chi connectivity index (χ1v) is 10.1. The summed E-state index contributed by atoms with van der Waals surface area (Å²) in [6, 6.07) is 12.9. The Bertz CT molecular complexity index is 1100. The number of ether oxygens (including phenoxy) is 3. The fraction of sp³-hybridized carbons (Fsp3) is 0.318. The van der Waals surface area contributed by atoms with Gasteiger partial charge in [-0.2, -0.15) is 13.2 Å². The lowest BCUT2D eigenvalue weighted by molar-refractivity contribution is -0.153. The molecule has 176 valence electrons. The molecule has 0 radical (unpaired) electrons. The van der Waals surface area contributed by atoms with Crippen molar-refractivity contribution in [2.45, 2.75) is 19.6 Å². The number of hydrogen-bond acceptors (Lipinski definition) is 6. The summed E-state index contributed by atoms with van der Waals surface area (Å²) in [4.78, 5) is 27.5. The van der Waals surface area contributed by atoms with Gasteiger partial charge in [-0.1, -0.05) is 12.1 Å². The number of fused-ring (bicyclic) bond motifs is 1. The first-order chi connectivity index (χ1) is 15.8. The normalized spacial score (nSPS) is 11.3. The van der Waals surface area contributed by atoms with Crippen LogP contribution in [0.2, 0.25) is 0 Å². The zero-order valence-electron chi connectivity index (χ0n) is 17.7. The summed E-state index contributed by atoms with van der Waals surface area (Å²) >= 11 is 0. The number of esters is 1. The van der Waals surface area contributed by atoms with Crippen LogP contribution in [0.4, 0.5) is 13.2 Å². The van der Waals surface area contributed by atoms with Crippen LogP contribution in [0.15, 0.2) is 48.5 Å². The molecule has 0 unspecified atom stereocenters. The molecule has 0 aliphatic heterocycles. The minimum absolute atomic E-state index is 0.0999. The highest BCUT2D eigenvalue weighted by molar-refractivity contribution is 5.82. The lowest BCUT2D eigenvalue weighted by Crippen LogP contribution is -2.32. The second kappa shape index (κ2) is 10.7. The van der Waals surface area contributed by atoms with Gasteiger partial charge in [-0.05, 0) is 43.3 Å². The van der Waals surface area contributed by atoms with Crippen LogP contribution in [0.1, 0.15) is 12.7 Å². The first kappa shape index (κ1) is 23.9. The molecule has 0 saturated heterocycles. The van der Waals surface area contributed by atoms with Gasteiger partial charge in [-0.15, -0.1) is 0 Å². The summed E-state index contributed by atoms with van der Waals surface area (Å²) in [7, 11) is 0. The van der Waals surface area contributed by atoms with Gasteiger partial charge in [0.25, 0.3) is 5.91 Å². The van der Waals surface area contributed by atoms with Gasteiger partial charge in [0.15, 0.2) is 6.61 Å². The lowest BCUT2D eigenvalue weighted by Gasteiger charge is -2.11. The van der Waals surface area contributed by atoms with Crippen molar-refractivity contribution in [1.82, 2.24) is 14.9 Å². The van der Waals surface area contributed by atoms with Crippen LogP contribution in [0, 0.1) is 0 Å².